The average Bonchev–Trinajstić information content (AvgIpc) is 2.34. The standard InChI is InChI=1S/C12H20N4O4S/c1-12(2,3)16-21(18,19)15-10-8(11(13)14-17)6-5-7-9(10)20-4/h5-7,15-17H,1-4H3,(H2,13,14). The van der Waals surface area contributed by atoms with E-state index in [-0.39, 0.29) is 22.8 Å². The molecule has 1 aromatic rings. The number of benzene rings is 1. The van der Waals surface area contributed by atoms with E-state index in [0.29, 0.717) is 0 Å². The molecule has 5 N–H and O–H groups in total. The maximum absolute atomic E-state index is 12.1. The number of anilines is 1. The highest BCUT2D eigenvalue weighted by atomic mass is 32.2. The Labute approximate surface area is 124 Å². The summed E-state index contributed by atoms with van der Waals surface area (Å²) in [4.78, 5) is 0. The zero-order valence-corrected chi connectivity index (χ0v) is 13.2. The molecule has 1 aromatic carbocycles. The van der Waals surface area contributed by atoms with Crippen LogP contribution in [0.3, 0.4) is 0 Å². The Morgan fingerprint density at radius 2 is 2.00 bits per heavy atom. The first-order valence-corrected chi connectivity index (χ1v) is 7.54. The van der Waals surface area contributed by atoms with Gasteiger partial charge in [0.25, 0.3) is 10.2 Å². The van der Waals surface area contributed by atoms with Crippen LogP contribution in [0.4, 0.5) is 5.69 Å². The third kappa shape index (κ3) is 4.80. The SMILES string of the molecule is COc1cccc(/C(N)=N/O)c1NS(=O)(=O)NC(C)(C)C. The minimum Gasteiger partial charge on any atom is -0.495 e. The zero-order valence-electron chi connectivity index (χ0n) is 12.3. The van der Waals surface area contributed by atoms with Crippen molar-refractivity contribution in [1.82, 2.24) is 4.72 Å². The van der Waals surface area contributed by atoms with Gasteiger partial charge in [-0.25, -0.2) is 0 Å². The van der Waals surface area contributed by atoms with Crippen LogP contribution in [0.15, 0.2) is 23.4 Å². The molecule has 8 nitrogen and oxygen atoms in total. The largest absolute Gasteiger partial charge is 0.495 e. The Hall–Kier alpha value is -2.00. The molecule has 0 fully saturated rings. The van der Waals surface area contributed by atoms with Crippen LogP contribution in [0.1, 0.15) is 26.3 Å². The van der Waals surface area contributed by atoms with Gasteiger partial charge in [-0.1, -0.05) is 11.2 Å². The lowest BCUT2D eigenvalue weighted by atomic mass is 10.1. The van der Waals surface area contributed by atoms with Gasteiger partial charge in [-0.05, 0) is 32.9 Å². The van der Waals surface area contributed by atoms with Crippen LogP contribution in [-0.4, -0.2) is 32.1 Å². The van der Waals surface area contributed by atoms with E-state index >= 15 is 0 Å². The third-order valence-electron chi connectivity index (χ3n) is 2.31. The second-order valence-electron chi connectivity index (χ2n) is 5.33. The highest BCUT2D eigenvalue weighted by molar-refractivity contribution is 7.90. The monoisotopic (exact) mass is 316 g/mol. The summed E-state index contributed by atoms with van der Waals surface area (Å²) in [7, 11) is -2.47. The van der Waals surface area contributed by atoms with Crippen LogP contribution in [0.5, 0.6) is 5.75 Å². The van der Waals surface area contributed by atoms with E-state index in [4.69, 9.17) is 15.7 Å². The van der Waals surface area contributed by atoms with E-state index in [1.165, 1.54) is 13.2 Å². The summed E-state index contributed by atoms with van der Waals surface area (Å²) < 4.78 is 34.1. The lowest BCUT2D eigenvalue weighted by Crippen LogP contribution is -2.43. The predicted molar refractivity (Wildman–Crippen MR) is 80.9 cm³/mol. The zero-order chi connectivity index (χ0) is 16.3. The molecule has 0 heterocycles. The van der Waals surface area contributed by atoms with E-state index in [0.717, 1.165) is 0 Å². The fourth-order valence-electron chi connectivity index (χ4n) is 1.64. The Morgan fingerprint density at radius 1 is 1.38 bits per heavy atom. The molecule has 0 saturated heterocycles. The van der Waals surface area contributed by atoms with E-state index in [9.17, 15) is 8.42 Å². The maximum Gasteiger partial charge on any atom is 0.299 e. The molecule has 0 aliphatic heterocycles. The van der Waals surface area contributed by atoms with Crippen LogP contribution in [-0.2, 0) is 10.2 Å². The Kier molecular flexibility index (Phi) is 5.02. The molecular formula is C12H20N4O4S. The highest BCUT2D eigenvalue weighted by Crippen LogP contribution is 2.29. The smallest absolute Gasteiger partial charge is 0.299 e. The number of para-hydroxylation sites is 1. The summed E-state index contributed by atoms with van der Waals surface area (Å²) in [6.07, 6.45) is 0. The van der Waals surface area contributed by atoms with Crippen LogP contribution in [0.2, 0.25) is 0 Å². The normalized spacial score (nSPS) is 13.0. The number of nitrogens with two attached hydrogens (primary N) is 1. The van der Waals surface area contributed by atoms with Crippen molar-refractivity contribution in [2.45, 2.75) is 26.3 Å². The summed E-state index contributed by atoms with van der Waals surface area (Å²) in [6, 6.07) is 4.66. The van der Waals surface area contributed by atoms with Gasteiger partial charge in [0.15, 0.2) is 5.84 Å². The first kappa shape index (κ1) is 17.1. The van der Waals surface area contributed by atoms with Crippen LogP contribution in [0.25, 0.3) is 0 Å². The molecule has 0 unspecified atom stereocenters. The number of hydrogen-bond donors (Lipinski definition) is 4. The van der Waals surface area contributed by atoms with Gasteiger partial charge in [0, 0.05) is 11.1 Å². The molecule has 21 heavy (non-hydrogen) atoms. The summed E-state index contributed by atoms with van der Waals surface area (Å²) in [6.45, 7) is 5.12. The molecule has 0 aromatic heterocycles. The topological polar surface area (TPSA) is 126 Å². The van der Waals surface area contributed by atoms with Crippen molar-refractivity contribution in [3.63, 3.8) is 0 Å². The van der Waals surface area contributed by atoms with Crippen molar-refractivity contribution in [2.24, 2.45) is 10.9 Å². The van der Waals surface area contributed by atoms with Crippen molar-refractivity contribution < 1.29 is 18.4 Å². The average molecular weight is 316 g/mol. The molecule has 9 heteroatoms. The van der Waals surface area contributed by atoms with Crippen molar-refractivity contribution in [3.8, 4) is 5.75 Å². The molecule has 0 amide bonds. The van der Waals surface area contributed by atoms with Crippen molar-refractivity contribution in [3.05, 3.63) is 23.8 Å². The van der Waals surface area contributed by atoms with Crippen molar-refractivity contribution >= 4 is 21.7 Å². The molecule has 0 aliphatic rings. The van der Waals surface area contributed by atoms with Gasteiger partial charge in [0.1, 0.15) is 11.4 Å². The lowest BCUT2D eigenvalue weighted by Gasteiger charge is -2.22. The second kappa shape index (κ2) is 6.19. The summed E-state index contributed by atoms with van der Waals surface area (Å²) in [5.41, 5.74) is 5.19. The predicted octanol–water partition coefficient (Wildman–Crippen LogP) is 0.834. The number of nitrogens with zero attached hydrogens (tertiary/aromatic N) is 1. The molecular weight excluding hydrogens is 296 g/mol. The minimum atomic E-state index is -3.86. The number of methoxy groups -OCH3 is 1. The van der Waals surface area contributed by atoms with Gasteiger partial charge >= 0.3 is 0 Å². The van der Waals surface area contributed by atoms with Crippen LogP contribution in [0, 0.1) is 0 Å². The Morgan fingerprint density at radius 3 is 2.48 bits per heavy atom. The quantitative estimate of drug-likeness (QED) is 0.277. The number of oxime groups is 1. The summed E-state index contributed by atoms with van der Waals surface area (Å²) in [5, 5.41) is 11.7. The molecule has 0 spiro atoms. The second-order valence-corrected chi connectivity index (χ2v) is 6.74. The molecule has 0 atom stereocenters. The van der Waals surface area contributed by atoms with Crippen molar-refractivity contribution in [1.29, 1.82) is 0 Å². The Bertz CT molecular complexity index is 635. The first-order chi connectivity index (χ1) is 9.59. The van der Waals surface area contributed by atoms with E-state index in [1.54, 1.807) is 32.9 Å². The van der Waals surface area contributed by atoms with Crippen LogP contribution < -0.4 is 19.9 Å². The van der Waals surface area contributed by atoms with E-state index in [1.807, 2.05) is 0 Å². The molecule has 0 bridgehead atoms. The molecule has 0 saturated carbocycles. The van der Waals surface area contributed by atoms with Crippen molar-refractivity contribution in [2.75, 3.05) is 11.8 Å². The number of ether oxygens (including phenoxy) is 1. The molecule has 0 radical (unpaired) electrons. The number of nitrogens with one attached hydrogen (secondary N) is 2. The van der Waals surface area contributed by atoms with Gasteiger partial charge in [-0.15, -0.1) is 0 Å². The van der Waals surface area contributed by atoms with Gasteiger partial charge in [0.2, 0.25) is 0 Å². The lowest BCUT2D eigenvalue weighted by molar-refractivity contribution is 0.318. The molecule has 1 rings (SSSR count). The molecule has 118 valence electrons. The number of rotatable bonds is 5. The molecule has 0 aliphatic carbocycles. The van der Waals surface area contributed by atoms with E-state index in [2.05, 4.69) is 14.6 Å². The fourth-order valence-corrected chi connectivity index (χ4v) is 2.97. The minimum absolute atomic E-state index is 0.0899. The fraction of sp³-hybridized carbons (Fsp3) is 0.417. The highest BCUT2D eigenvalue weighted by Gasteiger charge is 2.23. The van der Waals surface area contributed by atoms with Gasteiger partial charge in [-0.2, -0.15) is 13.1 Å². The van der Waals surface area contributed by atoms with Crippen LogP contribution >= 0.6 is 0 Å². The first-order valence-electron chi connectivity index (χ1n) is 6.06. The maximum atomic E-state index is 12.1. The number of hydrogen-bond acceptors (Lipinski definition) is 5. The van der Waals surface area contributed by atoms with Gasteiger partial charge in [-0.3, -0.25) is 4.72 Å². The Balaban J connectivity index is 3.29. The third-order valence-corrected chi connectivity index (χ3v) is 3.66. The van der Waals surface area contributed by atoms with Gasteiger partial charge < -0.3 is 15.7 Å². The van der Waals surface area contributed by atoms with E-state index < -0.39 is 15.7 Å². The summed E-state index contributed by atoms with van der Waals surface area (Å²) >= 11 is 0. The number of amidine groups is 1. The van der Waals surface area contributed by atoms with Gasteiger partial charge in [0.05, 0.1) is 7.11 Å². The summed E-state index contributed by atoms with van der Waals surface area (Å²) in [5.74, 6) is 0.0146.